The van der Waals surface area contributed by atoms with E-state index in [4.69, 9.17) is 0 Å². The fourth-order valence-corrected chi connectivity index (χ4v) is 6.96. The molecule has 4 unspecified atom stereocenters. The minimum absolute atomic E-state index is 0.163. The Morgan fingerprint density at radius 2 is 1.78 bits per heavy atom. The van der Waals surface area contributed by atoms with Crippen molar-refractivity contribution in [1.29, 1.82) is 0 Å². The standard InChI is InChI=1S/C22H32O/c1-14-9-11-21(3)16(13-14)5-6-17-19-8-7-18(15(2)23)22(19,4)12-10-20(17)21/h5,7,14,17,19-20H,6,8-13H2,1-4H3/t14?,17?,19?,20?,21-,22+/m0/s1. The average Bonchev–Trinajstić information content (AvgIpc) is 2.85. The first kappa shape index (κ1) is 15.7. The predicted molar refractivity (Wildman–Crippen MR) is 95.0 cm³/mol. The molecule has 0 N–H and O–H groups in total. The van der Waals surface area contributed by atoms with Crippen LogP contribution in [0.25, 0.3) is 0 Å². The van der Waals surface area contributed by atoms with E-state index >= 15 is 0 Å². The van der Waals surface area contributed by atoms with Gasteiger partial charge in [0.05, 0.1) is 0 Å². The van der Waals surface area contributed by atoms with Crippen LogP contribution in [-0.4, -0.2) is 5.78 Å². The summed E-state index contributed by atoms with van der Waals surface area (Å²) in [5, 5.41) is 0. The van der Waals surface area contributed by atoms with E-state index in [0.29, 0.717) is 17.1 Å². The molecule has 0 aromatic carbocycles. The van der Waals surface area contributed by atoms with Crippen LogP contribution in [0.3, 0.4) is 0 Å². The molecule has 1 heteroatoms. The van der Waals surface area contributed by atoms with Crippen molar-refractivity contribution in [2.45, 2.75) is 72.6 Å². The highest BCUT2D eigenvalue weighted by Gasteiger charge is 2.56. The van der Waals surface area contributed by atoms with Crippen molar-refractivity contribution >= 4 is 5.78 Å². The summed E-state index contributed by atoms with van der Waals surface area (Å²) in [5.74, 6) is 3.54. The van der Waals surface area contributed by atoms with Crippen molar-refractivity contribution in [2.75, 3.05) is 0 Å². The SMILES string of the molecule is CC(=O)C1=CCC2C3CC=C4CC(C)CC[C@]4(C)C3CC[C@]12C. The fraction of sp³-hybridized carbons (Fsp3) is 0.773. The molecule has 4 aliphatic rings. The molecule has 0 heterocycles. The van der Waals surface area contributed by atoms with E-state index < -0.39 is 0 Å². The minimum atomic E-state index is 0.163. The number of fused-ring (bicyclic) bond motifs is 5. The van der Waals surface area contributed by atoms with E-state index in [-0.39, 0.29) is 5.41 Å². The van der Waals surface area contributed by atoms with Gasteiger partial charge in [-0.05, 0) is 91.9 Å². The molecule has 0 aromatic heterocycles. The second kappa shape index (κ2) is 5.07. The van der Waals surface area contributed by atoms with Gasteiger partial charge in [0.2, 0.25) is 0 Å². The second-order valence-corrected chi connectivity index (χ2v) is 9.47. The number of hydrogen-bond donors (Lipinski definition) is 0. The first-order chi connectivity index (χ1) is 10.9. The highest BCUT2D eigenvalue weighted by Crippen LogP contribution is 2.65. The molecule has 0 amide bonds. The molecule has 0 aromatic rings. The number of carbonyl (C=O) groups is 1. The van der Waals surface area contributed by atoms with Gasteiger partial charge in [-0.2, -0.15) is 0 Å². The van der Waals surface area contributed by atoms with Crippen molar-refractivity contribution in [3.63, 3.8) is 0 Å². The topological polar surface area (TPSA) is 17.1 Å². The molecule has 1 nitrogen and oxygen atoms in total. The van der Waals surface area contributed by atoms with Gasteiger partial charge in [0.15, 0.2) is 5.78 Å². The van der Waals surface area contributed by atoms with E-state index in [1.807, 2.05) is 0 Å². The first-order valence-corrected chi connectivity index (χ1v) is 9.77. The lowest BCUT2D eigenvalue weighted by Gasteiger charge is -2.57. The highest BCUT2D eigenvalue weighted by atomic mass is 16.1. The number of rotatable bonds is 1. The van der Waals surface area contributed by atoms with Crippen LogP contribution in [0.2, 0.25) is 0 Å². The van der Waals surface area contributed by atoms with Crippen LogP contribution in [0.4, 0.5) is 0 Å². The predicted octanol–water partition coefficient (Wildman–Crippen LogP) is 5.71. The van der Waals surface area contributed by atoms with Crippen molar-refractivity contribution in [3.05, 3.63) is 23.3 Å². The largest absolute Gasteiger partial charge is 0.295 e. The van der Waals surface area contributed by atoms with Crippen molar-refractivity contribution in [1.82, 2.24) is 0 Å². The Morgan fingerprint density at radius 1 is 1.04 bits per heavy atom. The summed E-state index contributed by atoms with van der Waals surface area (Å²) in [7, 11) is 0. The summed E-state index contributed by atoms with van der Waals surface area (Å²) in [6.07, 6.45) is 14.0. The number of Topliss-reactive ketones (excluding diaryl/α,β-unsaturated/α-hetero) is 1. The van der Waals surface area contributed by atoms with E-state index in [1.54, 1.807) is 12.5 Å². The maximum absolute atomic E-state index is 12.1. The van der Waals surface area contributed by atoms with Gasteiger partial charge in [-0.1, -0.05) is 38.5 Å². The first-order valence-electron chi connectivity index (χ1n) is 9.77. The molecule has 4 aliphatic carbocycles. The molecule has 0 saturated heterocycles. The Bertz CT molecular complexity index is 597. The maximum Gasteiger partial charge on any atom is 0.156 e. The van der Waals surface area contributed by atoms with Crippen LogP contribution < -0.4 is 0 Å². The van der Waals surface area contributed by atoms with Crippen molar-refractivity contribution in [2.24, 2.45) is 34.5 Å². The molecular formula is C22H32O. The Labute approximate surface area is 141 Å². The Balaban J connectivity index is 1.67. The Hall–Kier alpha value is -0.850. The normalized spacial score (nSPS) is 48.7. The zero-order chi connectivity index (χ0) is 16.4. The van der Waals surface area contributed by atoms with Crippen LogP contribution in [-0.2, 0) is 4.79 Å². The van der Waals surface area contributed by atoms with E-state index in [1.165, 1.54) is 38.5 Å². The van der Waals surface area contributed by atoms with Gasteiger partial charge < -0.3 is 0 Å². The summed E-state index contributed by atoms with van der Waals surface area (Å²) in [4.78, 5) is 12.1. The molecule has 0 aliphatic heterocycles. The monoisotopic (exact) mass is 312 g/mol. The number of allylic oxidation sites excluding steroid dienone is 4. The molecular weight excluding hydrogens is 280 g/mol. The molecule has 0 bridgehead atoms. The smallest absolute Gasteiger partial charge is 0.156 e. The molecule has 23 heavy (non-hydrogen) atoms. The van der Waals surface area contributed by atoms with Gasteiger partial charge in [-0.15, -0.1) is 0 Å². The van der Waals surface area contributed by atoms with Crippen molar-refractivity contribution in [3.8, 4) is 0 Å². The van der Waals surface area contributed by atoms with E-state index in [9.17, 15) is 4.79 Å². The molecule has 0 radical (unpaired) electrons. The van der Waals surface area contributed by atoms with Crippen LogP contribution in [0.15, 0.2) is 23.3 Å². The second-order valence-electron chi connectivity index (χ2n) is 9.47. The fourth-order valence-electron chi connectivity index (χ4n) is 6.96. The lowest BCUT2D eigenvalue weighted by Crippen LogP contribution is -2.49. The van der Waals surface area contributed by atoms with E-state index in [2.05, 4.69) is 32.9 Å². The molecule has 2 fully saturated rings. The van der Waals surface area contributed by atoms with Crippen LogP contribution >= 0.6 is 0 Å². The molecule has 6 atom stereocenters. The van der Waals surface area contributed by atoms with Gasteiger partial charge in [0.25, 0.3) is 0 Å². The third-order valence-corrected chi connectivity index (χ3v) is 8.31. The summed E-state index contributed by atoms with van der Waals surface area (Å²) >= 11 is 0. The lowest BCUT2D eigenvalue weighted by molar-refractivity contribution is -0.115. The molecule has 4 rings (SSSR count). The molecule has 0 spiro atoms. The maximum atomic E-state index is 12.1. The van der Waals surface area contributed by atoms with Gasteiger partial charge >= 0.3 is 0 Å². The Kier molecular flexibility index (Phi) is 3.45. The van der Waals surface area contributed by atoms with Gasteiger partial charge in [-0.3, -0.25) is 4.79 Å². The summed E-state index contributed by atoms with van der Waals surface area (Å²) in [6, 6.07) is 0. The minimum Gasteiger partial charge on any atom is -0.295 e. The Morgan fingerprint density at radius 3 is 2.52 bits per heavy atom. The van der Waals surface area contributed by atoms with Gasteiger partial charge in [-0.25, -0.2) is 0 Å². The highest BCUT2D eigenvalue weighted by molar-refractivity contribution is 5.95. The van der Waals surface area contributed by atoms with Gasteiger partial charge in [0.1, 0.15) is 0 Å². The quantitative estimate of drug-likeness (QED) is 0.567. The van der Waals surface area contributed by atoms with Crippen LogP contribution in [0.1, 0.15) is 72.6 Å². The molecule has 2 saturated carbocycles. The average molecular weight is 312 g/mol. The zero-order valence-corrected chi connectivity index (χ0v) is 15.3. The summed E-state index contributed by atoms with van der Waals surface area (Å²) in [5.41, 5.74) is 3.55. The molecule has 126 valence electrons. The summed E-state index contributed by atoms with van der Waals surface area (Å²) < 4.78 is 0. The lowest BCUT2D eigenvalue weighted by atomic mass is 9.47. The third kappa shape index (κ3) is 2.07. The number of hydrogen-bond acceptors (Lipinski definition) is 1. The van der Waals surface area contributed by atoms with Crippen LogP contribution in [0, 0.1) is 34.5 Å². The number of carbonyl (C=O) groups excluding carboxylic acids is 1. The van der Waals surface area contributed by atoms with Crippen LogP contribution in [0.5, 0.6) is 0 Å². The van der Waals surface area contributed by atoms with E-state index in [0.717, 1.165) is 29.7 Å². The number of ketones is 1. The van der Waals surface area contributed by atoms with Crippen molar-refractivity contribution < 1.29 is 4.79 Å². The van der Waals surface area contributed by atoms with Gasteiger partial charge in [0, 0.05) is 0 Å². The zero-order valence-electron chi connectivity index (χ0n) is 15.3. The summed E-state index contributed by atoms with van der Waals surface area (Å²) in [6.45, 7) is 9.15. The third-order valence-electron chi connectivity index (χ3n) is 8.31.